The van der Waals surface area contributed by atoms with Crippen molar-refractivity contribution in [3.05, 3.63) is 0 Å². The molecule has 0 aromatic carbocycles. The quantitative estimate of drug-likeness (QED) is 0.783. The number of carboxylic acid groups (broad SMARTS) is 1. The maximum atomic E-state index is 11.9. The number of carbonyl (C=O) groups excluding carboxylic acids is 1. The van der Waals surface area contributed by atoms with Crippen molar-refractivity contribution in [3.63, 3.8) is 0 Å². The number of likely N-dealkylation sites (N-methyl/N-ethyl adjacent to an activating group) is 1. The first-order chi connectivity index (χ1) is 8.94. The number of carboxylic acids is 1. The molecule has 6 nitrogen and oxygen atoms in total. The summed E-state index contributed by atoms with van der Waals surface area (Å²) in [4.78, 5) is 26.4. The fraction of sp³-hybridized carbons (Fsp3) is 0.846. The smallest absolute Gasteiger partial charge is 0.317 e. The molecule has 1 aliphatic heterocycles. The Morgan fingerprint density at radius 2 is 1.89 bits per heavy atom. The third-order valence-corrected chi connectivity index (χ3v) is 4.57. The Morgan fingerprint density at radius 1 is 1.32 bits per heavy atom. The molecular weight excluding hydrogens is 246 g/mol. The number of aliphatic carboxylic acids is 1. The molecule has 19 heavy (non-hydrogen) atoms. The van der Waals surface area contributed by atoms with E-state index >= 15 is 0 Å². The van der Waals surface area contributed by atoms with Crippen LogP contribution in [-0.2, 0) is 4.79 Å². The molecule has 2 rings (SSSR count). The summed E-state index contributed by atoms with van der Waals surface area (Å²) in [7, 11) is 4.11. The zero-order chi connectivity index (χ0) is 14.0. The van der Waals surface area contributed by atoms with Gasteiger partial charge in [-0.05, 0) is 26.9 Å². The Labute approximate surface area is 113 Å². The van der Waals surface area contributed by atoms with Crippen molar-refractivity contribution >= 4 is 12.0 Å². The van der Waals surface area contributed by atoms with Crippen LogP contribution in [0, 0.1) is 5.92 Å². The summed E-state index contributed by atoms with van der Waals surface area (Å²) in [6.45, 7) is 1.30. The number of likely N-dealkylation sites (tertiary alicyclic amines) is 1. The van der Waals surface area contributed by atoms with Crippen LogP contribution >= 0.6 is 0 Å². The first kappa shape index (κ1) is 14.1. The van der Waals surface area contributed by atoms with Gasteiger partial charge in [-0.3, -0.25) is 4.79 Å². The third kappa shape index (κ3) is 2.83. The first-order valence-corrected chi connectivity index (χ1v) is 6.88. The largest absolute Gasteiger partial charge is 0.481 e. The van der Waals surface area contributed by atoms with E-state index in [1.807, 2.05) is 0 Å². The Balaban J connectivity index is 1.79. The van der Waals surface area contributed by atoms with Gasteiger partial charge in [-0.25, -0.2) is 4.79 Å². The van der Waals surface area contributed by atoms with Gasteiger partial charge in [-0.15, -0.1) is 0 Å². The van der Waals surface area contributed by atoms with Crippen LogP contribution in [0.15, 0.2) is 0 Å². The van der Waals surface area contributed by atoms with Crippen molar-refractivity contribution in [3.8, 4) is 0 Å². The standard InChI is InChI=1S/C13H23N3O3/c1-15(2)13(5-3-4-6-13)9-14-12(19)16-7-10(8-16)11(17)18/h10H,3-9H2,1-2H3,(H,14,19)(H,17,18). The highest BCUT2D eigenvalue weighted by Gasteiger charge is 2.39. The van der Waals surface area contributed by atoms with Crippen molar-refractivity contribution < 1.29 is 14.7 Å². The average Bonchev–Trinajstić information content (AvgIpc) is 2.73. The Bertz CT molecular complexity index is 358. The van der Waals surface area contributed by atoms with Gasteiger partial charge in [0, 0.05) is 25.2 Å². The molecule has 2 N–H and O–H groups in total. The zero-order valence-electron chi connectivity index (χ0n) is 11.7. The first-order valence-electron chi connectivity index (χ1n) is 6.88. The molecule has 1 saturated carbocycles. The molecule has 2 fully saturated rings. The Morgan fingerprint density at radius 3 is 2.37 bits per heavy atom. The summed E-state index contributed by atoms with van der Waals surface area (Å²) >= 11 is 0. The van der Waals surface area contributed by atoms with Crippen LogP contribution in [-0.4, -0.2) is 66.2 Å². The second-order valence-corrected chi connectivity index (χ2v) is 5.92. The molecule has 0 aromatic heterocycles. The molecule has 0 unspecified atom stereocenters. The van der Waals surface area contributed by atoms with Crippen molar-refractivity contribution in [1.82, 2.24) is 15.1 Å². The normalized spacial score (nSPS) is 22.4. The van der Waals surface area contributed by atoms with Crippen LogP contribution in [0.25, 0.3) is 0 Å². The van der Waals surface area contributed by atoms with E-state index in [0.29, 0.717) is 19.6 Å². The van der Waals surface area contributed by atoms with Gasteiger partial charge >= 0.3 is 12.0 Å². The van der Waals surface area contributed by atoms with E-state index in [4.69, 9.17) is 5.11 Å². The third-order valence-electron chi connectivity index (χ3n) is 4.57. The molecule has 1 aliphatic carbocycles. The van der Waals surface area contributed by atoms with Crippen LogP contribution in [0.3, 0.4) is 0 Å². The SMILES string of the molecule is CN(C)C1(CNC(=O)N2CC(C(=O)O)C2)CCCC1. The number of hydrogen-bond acceptors (Lipinski definition) is 3. The summed E-state index contributed by atoms with van der Waals surface area (Å²) < 4.78 is 0. The maximum Gasteiger partial charge on any atom is 0.317 e. The van der Waals surface area contributed by atoms with Crippen molar-refractivity contribution in [2.45, 2.75) is 31.2 Å². The van der Waals surface area contributed by atoms with Crippen molar-refractivity contribution in [1.29, 1.82) is 0 Å². The minimum Gasteiger partial charge on any atom is -0.481 e. The fourth-order valence-electron chi connectivity index (χ4n) is 2.97. The van der Waals surface area contributed by atoms with E-state index in [1.165, 1.54) is 12.8 Å². The molecule has 108 valence electrons. The van der Waals surface area contributed by atoms with Crippen LogP contribution in [0.4, 0.5) is 4.79 Å². The predicted molar refractivity (Wildman–Crippen MR) is 71.0 cm³/mol. The summed E-state index contributed by atoms with van der Waals surface area (Å²) in [6.07, 6.45) is 4.63. The zero-order valence-corrected chi connectivity index (χ0v) is 11.7. The van der Waals surface area contributed by atoms with E-state index in [-0.39, 0.29) is 17.5 Å². The Hall–Kier alpha value is -1.30. The van der Waals surface area contributed by atoms with Gasteiger partial charge in [0.2, 0.25) is 0 Å². The van der Waals surface area contributed by atoms with E-state index in [1.54, 1.807) is 4.90 Å². The molecule has 2 aliphatic rings. The molecule has 0 atom stereocenters. The summed E-state index contributed by atoms with van der Waals surface area (Å²) in [6, 6.07) is -0.134. The topological polar surface area (TPSA) is 72.9 Å². The monoisotopic (exact) mass is 269 g/mol. The molecule has 1 heterocycles. The lowest BCUT2D eigenvalue weighted by Crippen LogP contribution is -2.59. The summed E-state index contributed by atoms with van der Waals surface area (Å²) in [5.74, 6) is -1.20. The fourth-order valence-corrected chi connectivity index (χ4v) is 2.97. The van der Waals surface area contributed by atoms with Crippen LogP contribution < -0.4 is 5.32 Å². The van der Waals surface area contributed by atoms with E-state index in [0.717, 1.165) is 12.8 Å². The lowest BCUT2D eigenvalue weighted by Gasteiger charge is -2.40. The Kier molecular flexibility index (Phi) is 3.99. The maximum absolute atomic E-state index is 11.9. The highest BCUT2D eigenvalue weighted by molar-refractivity contribution is 5.79. The second kappa shape index (κ2) is 5.36. The lowest BCUT2D eigenvalue weighted by molar-refractivity contribution is -0.146. The van der Waals surface area contributed by atoms with Gasteiger partial charge in [0.1, 0.15) is 0 Å². The van der Waals surface area contributed by atoms with Crippen molar-refractivity contribution in [2.75, 3.05) is 33.7 Å². The van der Waals surface area contributed by atoms with Gasteiger partial charge < -0.3 is 20.2 Å². The van der Waals surface area contributed by atoms with Crippen LogP contribution in [0.2, 0.25) is 0 Å². The molecule has 0 spiro atoms. The summed E-state index contributed by atoms with van der Waals surface area (Å²) in [5.41, 5.74) is 0.0761. The average molecular weight is 269 g/mol. The summed E-state index contributed by atoms with van der Waals surface area (Å²) in [5, 5.41) is 11.7. The van der Waals surface area contributed by atoms with Gasteiger partial charge in [0.25, 0.3) is 0 Å². The van der Waals surface area contributed by atoms with Crippen LogP contribution in [0.1, 0.15) is 25.7 Å². The number of amides is 2. The molecule has 1 saturated heterocycles. The van der Waals surface area contributed by atoms with Crippen LogP contribution in [0.5, 0.6) is 0 Å². The van der Waals surface area contributed by atoms with Gasteiger partial charge in [0.05, 0.1) is 5.92 Å². The van der Waals surface area contributed by atoms with E-state index in [2.05, 4.69) is 24.3 Å². The highest BCUT2D eigenvalue weighted by Crippen LogP contribution is 2.33. The van der Waals surface area contributed by atoms with E-state index in [9.17, 15) is 9.59 Å². The molecular formula is C13H23N3O3. The highest BCUT2D eigenvalue weighted by atomic mass is 16.4. The minimum atomic E-state index is -0.815. The number of nitrogens with one attached hydrogen (secondary N) is 1. The van der Waals surface area contributed by atoms with Crippen molar-refractivity contribution in [2.24, 2.45) is 5.92 Å². The number of nitrogens with zero attached hydrogens (tertiary/aromatic N) is 2. The van der Waals surface area contributed by atoms with Gasteiger partial charge in [-0.2, -0.15) is 0 Å². The minimum absolute atomic E-state index is 0.0761. The number of urea groups is 1. The molecule has 0 aromatic rings. The molecule has 2 amide bonds. The number of hydrogen-bond donors (Lipinski definition) is 2. The van der Waals surface area contributed by atoms with Gasteiger partial charge in [-0.1, -0.05) is 12.8 Å². The lowest BCUT2D eigenvalue weighted by atomic mass is 9.96. The number of carbonyl (C=O) groups is 2. The van der Waals surface area contributed by atoms with E-state index < -0.39 is 5.97 Å². The van der Waals surface area contributed by atoms with Gasteiger partial charge in [0.15, 0.2) is 0 Å². The molecule has 6 heteroatoms. The number of rotatable bonds is 4. The second-order valence-electron chi connectivity index (χ2n) is 5.92. The molecule has 0 bridgehead atoms. The molecule has 0 radical (unpaired) electrons. The predicted octanol–water partition coefficient (Wildman–Crippen LogP) is 0.587.